The quantitative estimate of drug-likeness (QED) is 0.343. The predicted molar refractivity (Wildman–Crippen MR) is 118 cm³/mol. The molecule has 174 valence electrons. The Hall–Kier alpha value is -2.40. The Morgan fingerprint density at radius 1 is 1.29 bits per heavy atom. The van der Waals surface area contributed by atoms with Gasteiger partial charge in [-0.1, -0.05) is 0 Å². The molecule has 0 unspecified atom stereocenters. The summed E-state index contributed by atoms with van der Waals surface area (Å²) in [5.74, 6) is 0. The number of sulfonamides is 1. The van der Waals surface area contributed by atoms with Crippen LogP contribution in [-0.2, 0) is 14.8 Å². The van der Waals surface area contributed by atoms with Crippen molar-refractivity contribution in [2.24, 2.45) is 0 Å². The zero-order valence-corrected chi connectivity index (χ0v) is 19.4. The maximum atomic E-state index is 13.0. The molecule has 0 atom stereocenters. The molecule has 1 aliphatic rings. The molecule has 1 aromatic carbocycles. The number of benzene rings is 1. The Morgan fingerprint density at radius 3 is 2.48 bits per heavy atom. The van der Waals surface area contributed by atoms with Crippen molar-refractivity contribution >= 4 is 27.5 Å². The highest BCUT2D eigenvalue weighted by molar-refractivity contribution is 7.89. The fourth-order valence-electron chi connectivity index (χ4n) is 3.25. The van der Waals surface area contributed by atoms with E-state index in [1.165, 1.54) is 16.4 Å². The van der Waals surface area contributed by atoms with Crippen LogP contribution >= 0.6 is 0 Å². The van der Waals surface area contributed by atoms with Gasteiger partial charge in [-0.15, -0.1) is 0 Å². The minimum absolute atomic E-state index is 0.0944. The monoisotopic (exact) mass is 456 g/mol. The third-order valence-corrected chi connectivity index (χ3v) is 6.75. The van der Waals surface area contributed by atoms with Crippen LogP contribution in [0.25, 0.3) is 0 Å². The summed E-state index contributed by atoms with van der Waals surface area (Å²) in [5, 5.41) is 14.2. The molecule has 1 N–H and O–H groups in total. The third-order valence-electron chi connectivity index (χ3n) is 4.81. The average Bonchev–Trinajstić information content (AvgIpc) is 3.22. The van der Waals surface area contributed by atoms with Crippen LogP contribution in [0.15, 0.2) is 23.1 Å². The van der Waals surface area contributed by atoms with E-state index in [9.17, 15) is 23.3 Å². The first-order valence-corrected chi connectivity index (χ1v) is 11.9. The molecule has 31 heavy (non-hydrogen) atoms. The van der Waals surface area contributed by atoms with Crippen LogP contribution < -0.4 is 5.32 Å². The molecule has 1 aliphatic heterocycles. The number of ether oxygens (including phenoxy) is 1. The van der Waals surface area contributed by atoms with Crippen LogP contribution in [0.1, 0.15) is 47.0 Å². The van der Waals surface area contributed by atoms with Gasteiger partial charge >= 0.3 is 6.09 Å². The molecule has 2 rings (SSSR count). The second-order valence-electron chi connectivity index (χ2n) is 8.39. The summed E-state index contributed by atoms with van der Waals surface area (Å²) < 4.78 is 32.8. The molecule has 10 nitrogen and oxygen atoms in total. The van der Waals surface area contributed by atoms with Crippen LogP contribution in [0.2, 0.25) is 0 Å². The standard InChI is InChI=1S/C20H32N4O6S/c1-5-22(19(25)30-20(2,3)4)12-8-11-21-17-10-9-16(24(26)27)15-18(17)31(28,29)23-13-6-7-14-23/h9-10,15,21H,5-8,11-14H2,1-4H3. The molecule has 0 aromatic heterocycles. The number of anilines is 1. The molecule has 1 heterocycles. The number of non-ortho nitro benzene ring substituents is 1. The lowest BCUT2D eigenvalue weighted by Crippen LogP contribution is -2.37. The van der Waals surface area contributed by atoms with Crippen molar-refractivity contribution in [1.29, 1.82) is 0 Å². The van der Waals surface area contributed by atoms with Crippen molar-refractivity contribution in [3.05, 3.63) is 28.3 Å². The van der Waals surface area contributed by atoms with E-state index in [1.54, 1.807) is 25.7 Å². The molecule has 0 radical (unpaired) electrons. The number of nitro benzene ring substituents is 1. The normalized spacial score (nSPS) is 15.0. The number of nitrogens with zero attached hydrogens (tertiary/aromatic N) is 3. The SMILES string of the molecule is CCN(CCCNc1ccc([N+](=O)[O-])cc1S(=O)(=O)N1CCCC1)C(=O)OC(C)(C)C. The number of nitro groups is 1. The number of rotatable bonds is 9. The lowest BCUT2D eigenvalue weighted by atomic mass is 10.2. The lowest BCUT2D eigenvalue weighted by Gasteiger charge is -2.26. The van der Waals surface area contributed by atoms with E-state index >= 15 is 0 Å². The zero-order valence-electron chi connectivity index (χ0n) is 18.6. The van der Waals surface area contributed by atoms with E-state index < -0.39 is 26.6 Å². The lowest BCUT2D eigenvalue weighted by molar-refractivity contribution is -0.385. The number of amides is 1. The number of hydrogen-bond acceptors (Lipinski definition) is 7. The van der Waals surface area contributed by atoms with Gasteiger partial charge in [-0.05, 0) is 53.0 Å². The molecule has 1 saturated heterocycles. The van der Waals surface area contributed by atoms with Crippen LogP contribution in [0.5, 0.6) is 0 Å². The summed E-state index contributed by atoms with van der Waals surface area (Å²) in [5.41, 5.74) is -0.538. The Balaban J connectivity index is 2.09. The van der Waals surface area contributed by atoms with Crippen molar-refractivity contribution in [2.75, 3.05) is 38.0 Å². The summed E-state index contributed by atoms with van der Waals surface area (Å²) in [6, 6.07) is 3.81. The zero-order chi connectivity index (χ0) is 23.2. The fourth-order valence-corrected chi connectivity index (χ4v) is 4.95. The summed E-state index contributed by atoms with van der Waals surface area (Å²) in [6.45, 7) is 9.39. The Morgan fingerprint density at radius 2 is 1.94 bits per heavy atom. The van der Waals surface area contributed by atoms with Gasteiger partial charge < -0.3 is 15.0 Å². The summed E-state index contributed by atoms with van der Waals surface area (Å²) >= 11 is 0. The van der Waals surface area contributed by atoms with Crippen molar-refractivity contribution in [3.8, 4) is 0 Å². The van der Waals surface area contributed by atoms with Gasteiger partial charge in [-0.25, -0.2) is 13.2 Å². The number of nitrogens with one attached hydrogen (secondary N) is 1. The molecule has 1 fully saturated rings. The molecular formula is C20H32N4O6S. The first-order valence-electron chi connectivity index (χ1n) is 10.5. The Labute approximate surface area is 183 Å². The molecule has 0 saturated carbocycles. The van der Waals surface area contributed by atoms with E-state index in [0.29, 0.717) is 44.8 Å². The highest BCUT2D eigenvalue weighted by Gasteiger charge is 2.31. The van der Waals surface area contributed by atoms with Gasteiger partial charge in [-0.2, -0.15) is 4.31 Å². The third kappa shape index (κ3) is 6.79. The maximum absolute atomic E-state index is 13.0. The molecule has 11 heteroatoms. The second-order valence-corrected chi connectivity index (χ2v) is 10.3. The highest BCUT2D eigenvalue weighted by Crippen LogP contribution is 2.30. The molecule has 1 aromatic rings. The minimum atomic E-state index is -3.84. The van der Waals surface area contributed by atoms with E-state index in [4.69, 9.17) is 4.74 Å². The van der Waals surface area contributed by atoms with Gasteiger partial charge in [0.1, 0.15) is 10.5 Å². The van der Waals surface area contributed by atoms with Crippen LogP contribution in [0, 0.1) is 10.1 Å². The van der Waals surface area contributed by atoms with Gasteiger partial charge in [-0.3, -0.25) is 10.1 Å². The molecular weight excluding hydrogens is 424 g/mol. The van der Waals surface area contributed by atoms with E-state index in [2.05, 4.69) is 5.32 Å². The number of carbonyl (C=O) groups excluding carboxylic acids is 1. The fraction of sp³-hybridized carbons (Fsp3) is 0.650. The average molecular weight is 457 g/mol. The summed E-state index contributed by atoms with van der Waals surface area (Å²) in [6.07, 6.45) is 1.69. The van der Waals surface area contributed by atoms with Gasteiger partial charge in [0.25, 0.3) is 5.69 Å². The second kappa shape index (κ2) is 10.3. The predicted octanol–water partition coefficient (Wildman–Crippen LogP) is 3.44. The maximum Gasteiger partial charge on any atom is 0.410 e. The van der Waals surface area contributed by atoms with Crippen molar-refractivity contribution in [2.45, 2.75) is 57.5 Å². The van der Waals surface area contributed by atoms with Gasteiger partial charge in [0.05, 0.1) is 10.6 Å². The van der Waals surface area contributed by atoms with Crippen LogP contribution in [0.4, 0.5) is 16.2 Å². The molecule has 0 spiro atoms. The number of carbonyl (C=O) groups is 1. The van der Waals surface area contributed by atoms with Crippen molar-refractivity contribution in [3.63, 3.8) is 0 Å². The van der Waals surface area contributed by atoms with E-state index in [1.807, 2.05) is 6.92 Å². The molecule has 0 bridgehead atoms. The summed E-state index contributed by atoms with van der Waals surface area (Å²) in [7, 11) is -3.84. The smallest absolute Gasteiger partial charge is 0.410 e. The summed E-state index contributed by atoms with van der Waals surface area (Å²) in [4.78, 5) is 24.3. The van der Waals surface area contributed by atoms with Crippen LogP contribution in [-0.4, -0.2) is 67.0 Å². The first kappa shape index (κ1) is 24.9. The molecule has 1 amide bonds. The Bertz CT molecular complexity index is 891. The van der Waals surface area contributed by atoms with Crippen molar-refractivity contribution < 1.29 is 22.9 Å². The number of hydrogen-bond donors (Lipinski definition) is 1. The van der Waals surface area contributed by atoms with Crippen LogP contribution in [0.3, 0.4) is 0 Å². The van der Waals surface area contributed by atoms with E-state index in [0.717, 1.165) is 18.9 Å². The first-order chi connectivity index (χ1) is 14.5. The highest BCUT2D eigenvalue weighted by atomic mass is 32.2. The largest absolute Gasteiger partial charge is 0.444 e. The van der Waals surface area contributed by atoms with Gasteiger partial charge in [0, 0.05) is 44.9 Å². The van der Waals surface area contributed by atoms with E-state index in [-0.39, 0.29) is 10.6 Å². The Kier molecular flexibility index (Phi) is 8.24. The van der Waals surface area contributed by atoms with Gasteiger partial charge in [0.2, 0.25) is 10.0 Å². The van der Waals surface area contributed by atoms with Crippen molar-refractivity contribution in [1.82, 2.24) is 9.21 Å². The minimum Gasteiger partial charge on any atom is -0.444 e. The molecule has 0 aliphatic carbocycles. The topological polar surface area (TPSA) is 122 Å². The van der Waals surface area contributed by atoms with Gasteiger partial charge in [0.15, 0.2) is 0 Å².